The lowest BCUT2D eigenvalue weighted by Crippen LogP contribution is -2.13. The summed E-state index contributed by atoms with van der Waals surface area (Å²) in [6.45, 7) is 0. The van der Waals surface area contributed by atoms with Gasteiger partial charge in [-0.05, 0) is 53.4 Å². The van der Waals surface area contributed by atoms with Crippen LogP contribution in [0.15, 0.2) is 67.0 Å². The zero-order valence-electron chi connectivity index (χ0n) is 13.9. The van der Waals surface area contributed by atoms with E-state index in [1.165, 1.54) is 11.6 Å². The van der Waals surface area contributed by atoms with Crippen LogP contribution < -0.4 is 0 Å². The van der Waals surface area contributed by atoms with E-state index < -0.39 is 0 Å². The fourth-order valence-electron chi connectivity index (χ4n) is 3.51. The number of nitrogens with zero attached hydrogens (tertiary/aromatic N) is 4. The monoisotopic (exact) mass is 342 g/mol. The van der Waals surface area contributed by atoms with Gasteiger partial charge in [-0.3, -0.25) is 9.55 Å². The van der Waals surface area contributed by atoms with Gasteiger partial charge in [0.25, 0.3) is 0 Å². The Morgan fingerprint density at radius 3 is 2.65 bits per heavy atom. The predicted molar refractivity (Wildman–Crippen MR) is 97.4 cm³/mol. The van der Waals surface area contributed by atoms with E-state index in [1.54, 1.807) is 18.3 Å². The minimum absolute atomic E-state index is 0.290. The first-order valence-corrected chi connectivity index (χ1v) is 8.54. The molecule has 0 amide bonds. The van der Waals surface area contributed by atoms with E-state index in [1.807, 2.05) is 29.0 Å². The summed E-state index contributed by atoms with van der Waals surface area (Å²) in [5.74, 6) is 1.12. The minimum atomic E-state index is -0.290. The summed E-state index contributed by atoms with van der Waals surface area (Å²) >= 11 is 0. The van der Waals surface area contributed by atoms with Crippen LogP contribution in [-0.2, 0) is 12.8 Å². The van der Waals surface area contributed by atoms with Gasteiger partial charge < -0.3 is 0 Å². The van der Waals surface area contributed by atoms with Gasteiger partial charge in [0.1, 0.15) is 11.6 Å². The van der Waals surface area contributed by atoms with E-state index in [0.717, 1.165) is 35.5 Å². The Labute approximate surface area is 150 Å². The highest BCUT2D eigenvalue weighted by Crippen LogP contribution is 2.33. The van der Waals surface area contributed by atoms with Crippen LogP contribution in [0.3, 0.4) is 0 Å². The van der Waals surface area contributed by atoms with Crippen LogP contribution in [0.2, 0.25) is 0 Å². The van der Waals surface area contributed by atoms with Gasteiger partial charge in [-0.15, -0.1) is 10.2 Å². The SMILES string of the molecule is Fc1ccccc1-c1nnc2n1-c1ccc(-c3cccnc3)cc1CC2. The molecule has 0 bridgehead atoms. The number of hydrogen-bond donors (Lipinski definition) is 0. The Hall–Kier alpha value is -3.34. The van der Waals surface area contributed by atoms with Crippen LogP contribution in [0.4, 0.5) is 4.39 Å². The Morgan fingerprint density at radius 2 is 1.81 bits per heavy atom. The molecule has 0 fully saturated rings. The molecule has 0 saturated carbocycles. The number of pyridine rings is 1. The number of benzene rings is 2. The summed E-state index contributed by atoms with van der Waals surface area (Å²) < 4.78 is 16.3. The lowest BCUT2D eigenvalue weighted by molar-refractivity contribution is 0.629. The Morgan fingerprint density at radius 1 is 0.885 bits per heavy atom. The van der Waals surface area contributed by atoms with Gasteiger partial charge in [0.05, 0.1) is 11.3 Å². The van der Waals surface area contributed by atoms with Crippen molar-refractivity contribution in [3.8, 4) is 28.2 Å². The van der Waals surface area contributed by atoms with Crippen LogP contribution in [0, 0.1) is 5.82 Å². The number of rotatable bonds is 2. The highest BCUT2D eigenvalue weighted by Gasteiger charge is 2.23. The fraction of sp³-hybridized carbons (Fsp3) is 0.0952. The van der Waals surface area contributed by atoms with Crippen molar-refractivity contribution in [3.05, 3.63) is 84.2 Å². The zero-order valence-corrected chi connectivity index (χ0v) is 13.9. The van der Waals surface area contributed by atoms with E-state index in [-0.39, 0.29) is 5.82 Å². The Kier molecular flexibility index (Phi) is 3.38. The van der Waals surface area contributed by atoms with E-state index in [4.69, 9.17) is 0 Å². The molecule has 4 nitrogen and oxygen atoms in total. The molecular formula is C21H15FN4. The van der Waals surface area contributed by atoms with Crippen molar-refractivity contribution in [1.82, 2.24) is 19.7 Å². The normalized spacial score (nSPS) is 12.5. The topological polar surface area (TPSA) is 43.6 Å². The molecule has 3 heterocycles. The summed E-state index contributed by atoms with van der Waals surface area (Å²) in [5, 5.41) is 8.56. The maximum absolute atomic E-state index is 14.3. The summed E-state index contributed by atoms with van der Waals surface area (Å²) in [6, 6.07) is 17.0. The van der Waals surface area contributed by atoms with Crippen LogP contribution in [0.5, 0.6) is 0 Å². The Balaban J connectivity index is 1.66. The van der Waals surface area contributed by atoms with Crippen molar-refractivity contribution in [1.29, 1.82) is 0 Å². The van der Waals surface area contributed by atoms with E-state index in [9.17, 15) is 4.39 Å². The predicted octanol–water partition coefficient (Wildman–Crippen LogP) is 4.23. The van der Waals surface area contributed by atoms with Gasteiger partial charge in [0.15, 0.2) is 5.82 Å². The van der Waals surface area contributed by atoms with Crippen molar-refractivity contribution < 1.29 is 4.39 Å². The molecule has 5 rings (SSSR count). The first-order valence-electron chi connectivity index (χ1n) is 8.54. The molecule has 1 aliphatic heterocycles. The van der Waals surface area contributed by atoms with Crippen molar-refractivity contribution in [2.24, 2.45) is 0 Å². The smallest absolute Gasteiger partial charge is 0.171 e. The lowest BCUT2D eigenvalue weighted by Gasteiger charge is -2.20. The van der Waals surface area contributed by atoms with Gasteiger partial charge >= 0.3 is 0 Å². The van der Waals surface area contributed by atoms with Gasteiger partial charge in [-0.2, -0.15) is 0 Å². The molecule has 0 aliphatic carbocycles. The highest BCUT2D eigenvalue weighted by atomic mass is 19.1. The Bertz CT molecular complexity index is 1100. The number of fused-ring (bicyclic) bond motifs is 3. The second-order valence-electron chi connectivity index (χ2n) is 6.34. The van der Waals surface area contributed by atoms with Crippen LogP contribution in [0.1, 0.15) is 11.4 Å². The third-order valence-electron chi connectivity index (χ3n) is 4.78. The first-order chi connectivity index (χ1) is 12.8. The summed E-state index contributed by atoms with van der Waals surface area (Å²) in [7, 11) is 0. The highest BCUT2D eigenvalue weighted by molar-refractivity contribution is 5.68. The van der Waals surface area contributed by atoms with E-state index >= 15 is 0 Å². The lowest BCUT2D eigenvalue weighted by atomic mass is 9.97. The third-order valence-corrected chi connectivity index (χ3v) is 4.78. The van der Waals surface area contributed by atoms with Crippen LogP contribution in [0.25, 0.3) is 28.2 Å². The van der Waals surface area contributed by atoms with Gasteiger partial charge in [0.2, 0.25) is 0 Å². The molecule has 1 aliphatic rings. The maximum atomic E-state index is 14.3. The number of aryl methyl sites for hydroxylation is 2. The number of hydrogen-bond acceptors (Lipinski definition) is 3. The molecule has 0 saturated heterocycles. The van der Waals surface area contributed by atoms with Crippen molar-refractivity contribution >= 4 is 0 Å². The van der Waals surface area contributed by atoms with Gasteiger partial charge in [0, 0.05) is 18.8 Å². The van der Waals surface area contributed by atoms with E-state index in [0.29, 0.717) is 11.4 Å². The molecule has 0 N–H and O–H groups in total. The maximum Gasteiger partial charge on any atom is 0.171 e. The van der Waals surface area contributed by atoms with Gasteiger partial charge in [-0.1, -0.05) is 24.3 Å². The first kappa shape index (κ1) is 15.0. The quantitative estimate of drug-likeness (QED) is 0.547. The number of halogens is 1. The molecule has 4 aromatic rings. The summed E-state index contributed by atoms with van der Waals surface area (Å²) in [4.78, 5) is 4.20. The minimum Gasteiger partial charge on any atom is -0.279 e. The van der Waals surface area contributed by atoms with Crippen molar-refractivity contribution in [3.63, 3.8) is 0 Å². The largest absolute Gasteiger partial charge is 0.279 e. The molecule has 26 heavy (non-hydrogen) atoms. The second kappa shape index (κ2) is 5.88. The van der Waals surface area contributed by atoms with Crippen molar-refractivity contribution in [2.45, 2.75) is 12.8 Å². The molecule has 0 radical (unpaired) electrons. The fourth-order valence-corrected chi connectivity index (χ4v) is 3.51. The standard InChI is InChI=1S/C21H15FN4/c22-18-6-2-1-5-17(18)21-25-24-20-10-8-15-12-14(7-9-19(15)26(20)21)16-4-3-11-23-13-16/h1-7,9,11-13H,8,10H2. The molecule has 2 aromatic heterocycles. The molecule has 126 valence electrons. The molecular weight excluding hydrogens is 327 g/mol. The third kappa shape index (κ3) is 2.32. The van der Waals surface area contributed by atoms with Crippen LogP contribution in [-0.4, -0.2) is 19.7 Å². The average Bonchev–Trinajstić information content (AvgIpc) is 3.13. The molecule has 0 unspecified atom stereocenters. The van der Waals surface area contributed by atoms with Crippen molar-refractivity contribution in [2.75, 3.05) is 0 Å². The molecule has 0 spiro atoms. The summed E-state index contributed by atoms with van der Waals surface area (Å²) in [5.41, 5.74) is 4.90. The molecule has 0 atom stereocenters. The average molecular weight is 342 g/mol. The second-order valence-corrected chi connectivity index (χ2v) is 6.34. The van der Waals surface area contributed by atoms with Crippen LogP contribution >= 0.6 is 0 Å². The van der Waals surface area contributed by atoms with Gasteiger partial charge in [-0.25, -0.2) is 4.39 Å². The number of aromatic nitrogens is 4. The van der Waals surface area contributed by atoms with E-state index in [2.05, 4.69) is 33.4 Å². The molecule has 2 aromatic carbocycles. The molecule has 5 heteroatoms. The summed E-state index contributed by atoms with van der Waals surface area (Å²) in [6.07, 6.45) is 5.30. The zero-order chi connectivity index (χ0) is 17.5.